The molecule has 3 rings (SSSR count). The number of sulfonamides is 1. The van der Waals surface area contributed by atoms with E-state index in [0.29, 0.717) is 6.54 Å². The van der Waals surface area contributed by atoms with Crippen LogP contribution in [0.15, 0.2) is 59.5 Å². The van der Waals surface area contributed by atoms with Crippen molar-refractivity contribution >= 4 is 21.6 Å². The van der Waals surface area contributed by atoms with Crippen LogP contribution in [-0.2, 0) is 14.8 Å². The highest BCUT2D eigenvalue weighted by atomic mass is 32.2. The third-order valence-corrected chi connectivity index (χ3v) is 6.12. The maximum atomic E-state index is 12.3. The minimum Gasteiger partial charge on any atom is -0.367 e. The first-order valence-corrected chi connectivity index (χ1v) is 10.6. The molecule has 1 amide bonds. The fraction of sp³-hybridized carbons (Fsp3) is 0.350. The number of benzene rings is 2. The van der Waals surface area contributed by atoms with Crippen LogP contribution in [0.1, 0.15) is 18.4 Å². The molecule has 1 heterocycles. The molecule has 0 saturated carbocycles. The van der Waals surface area contributed by atoms with Crippen molar-refractivity contribution < 1.29 is 13.2 Å². The summed E-state index contributed by atoms with van der Waals surface area (Å²) in [7, 11) is -3.69. The van der Waals surface area contributed by atoms with E-state index in [2.05, 4.69) is 27.1 Å². The first-order chi connectivity index (χ1) is 13.0. The van der Waals surface area contributed by atoms with Crippen molar-refractivity contribution in [3.8, 4) is 0 Å². The molecule has 1 aliphatic heterocycles. The molecule has 2 N–H and O–H groups in total. The van der Waals surface area contributed by atoms with E-state index in [1.165, 1.54) is 6.07 Å². The number of amides is 1. The fourth-order valence-corrected chi connectivity index (χ4v) is 4.41. The minimum absolute atomic E-state index is 0.168. The Morgan fingerprint density at radius 2 is 1.93 bits per heavy atom. The Bertz CT molecular complexity index is 884. The smallest absolute Gasteiger partial charge is 0.241 e. The van der Waals surface area contributed by atoms with Gasteiger partial charge in [-0.15, -0.1) is 0 Å². The zero-order valence-corrected chi connectivity index (χ0v) is 16.2. The summed E-state index contributed by atoms with van der Waals surface area (Å²) in [5.74, 6) is -0.328. The van der Waals surface area contributed by atoms with Gasteiger partial charge in [0.15, 0.2) is 0 Å². The van der Waals surface area contributed by atoms with Gasteiger partial charge < -0.3 is 10.2 Å². The van der Waals surface area contributed by atoms with E-state index in [9.17, 15) is 13.2 Å². The van der Waals surface area contributed by atoms with Gasteiger partial charge in [0.2, 0.25) is 15.9 Å². The van der Waals surface area contributed by atoms with Crippen LogP contribution in [0.4, 0.5) is 5.69 Å². The molecule has 1 unspecified atom stereocenters. The Kier molecular flexibility index (Phi) is 6.13. The minimum atomic E-state index is -3.69. The van der Waals surface area contributed by atoms with E-state index in [4.69, 9.17) is 0 Å². The largest absolute Gasteiger partial charge is 0.367 e. The third-order valence-electron chi connectivity index (χ3n) is 4.72. The van der Waals surface area contributed by atoms with Crippen LogP contribution in [0, 0.1) is 6.92 Å². The molecule has 0 spiro atoms. The number of hydrogen-bond donors (Lipinski definition) is 2. The summed E-state index contributed by atoms with van der Waals surface area (Å²) in [6.07, 6.45) is 2.08. The second kappa shape index (κ2) is 8.54. The predicted molar refractivity (Wildman–Crippen MR) is 106 cm³/mol. The van der Waals surface area contributed by atoms with Gasteiger partial charge in [0.25, 0.3) is 0 Å². The molecule has 1 aliphatic rings. The van der Waals surface area contributed by atoms with Crippen LogP contribution in [0.25, 0.3) is 0 Å². The number of nitrogens with one attached hydrogen (secondary N) is 2. The van der Waals surface area contributed by atoms with E-state index >= 15 is 0 Å². The highest BCUT2D eigenvalue weighted by Crippen LogP contribution is 2.24. The first-order valence-electron chi connectivity index (χ1n) is 9.10. The molecule has 2 aromatic rings. The maximum absolute atomic E-state index is 12.3. The standard InChI is InChI=1S/C20H25N3O3S/c1-16-7-5-11-19(13-16)27(25,26)22-15-20(24)21-14-18-10-6-12-23(18)17-8-3-2-4-9-17/h2-5,7-9,11,13,18,22H,6,10,12,14-15H2,1H3,(H,21,24). The van der Waals surface area contributed by atoms with Gasteiger partial charge in [-0.3, -0.25) is 4.79 Å². The monoisotopic (exact) mass is 387 g/mol. The Hall–Kier alpha value is -2.38. The fourth-order valence-electron chi connectivity index (χ4n) is 3.33. The molecule has 0 aromatic heterocycles. The molecule has 0 aliphatic carbocycles. The lowest BCUT2D eigenvalue weighted by Gasteiger charge is -2.27. The van der Waals surface area contributed by atoms with Crippen LogP contribution in [-0.4, -0.2) is 40.0 Å². The lowest BCUT2D eigenvalue weighted by atomic mass is 10.2. The Labute approximate surface area is 160 Å². The van der Waals surface area contributed by atoms with Gasteiger partial charge in [-0.2, -0.15) is 0 Å². The normalized spacial score (nSPS) is 17.1. The summed E-state index contributed by atoms with van der Waals surface area (Å²) in [4.78, 5) is 14.6. The van der Waals surface area contributed by atoms with E-state index in [1.807, 2.05) is 31.2 Å². The van der Waals surface area contributed by atoms with Crippen molar-refractivity contribution in [2.24, 2.45) is 0 Å². The number of anilines is 1. The molecular formula is C20H25N3O3S. The van der Waals surface area contributed by atoms with Crippen molar-refractivity contribution in [3.63, 3.8) is 0 Å². The number of para-hydroxylation sites is 1. The topological polar surface area (TPSA) is 78.5 Å². The first kappa shape index (κ1) is 19.4. The van der Waals surface area contributed by atoms with Gasteiger partial charge in [0, 0.05) is 24.8 Å². The quantitative estimate of drug-likeness (QED) is 0.762. The van der Waals surface area contributed by atoms with Gasteiger partial charge in [-0.25, -0.2) is 13.1 Å². The predicted octanol–water partition coefficient (Wildman–Crippen LogP) is 2.06. The van der Waals surface area contributed by atoms with E-state index in [1.54, 1.807) is 12.1 Å². The highest BCUT2D eigenvalue weighted by Gasteiger charge is 2.25. The lowest BCUT2D eigenvalue weighted by molar-refractivity contribution is -0.120. The van der Waals surface area contributed by atoms with Crippen molar-refractivity contribution in [1.82, 2.24) is 10.0 Å². The molecule has 0 radical (unpaired) electrons. The van der Waals surface area contributed by atoms with E-state index in [0.717, 1.165) is 30.6 Å². The van der Waals surface area contributed by atoms with Gasteiger partial charge in [-0.1, -0.05) is 30.3 Å². The van der Waals surface area contributed by atoms with Crippen LogP contribution < -0.4 is 14.9 Å². The summed E-state index contributed by atoms with van der Waals surface area (Å²) in [6, 6.07) is 17.0. The van der Waals surface area contributed by atoms with Gasteiger partial charge >= 0.3 is 0 Å². The molecule has 1 fully saturated rings. The molecule has 1 atom stereocenters. The average molecular weight is 388 g/mol. The molecule has 144 valence electrons. The summed E-state index contributed by atoms with van der Waals surface area (Å²) < 4.78 is 26.9. The number of nitrogens with zero attached hydrogens (tertiary/aromatic N) is 1. The molecule has 27 heavy (non-hydrogen) atoms. The van der Waals surface area contributed by atoms with Gasteiger partial charge in [0.1, 0.15) is 0 Å². The number of rotatable bonds is 7. The molecule has 6 nitrogen and oxygen atoms in total. The van der Waals surface area contributed by atoms with Crippen molar-refractivity contribution in [2.75, 3.05) is 24.5 Å². The second-order valence-corrected chi connectivity index (χ2v) is 8.54. The second-order valence-electron chi connectivity index (χ2n) is 6.77. The number of aryl methyl sites for hydroxylation is 1. The lowest BCUT2D eigenvalue weighted by Crippen LogP contribution is -2.43. The van der Waals surface area contributed by atoms with Crippen LogP contribution in [0.2, 0.25) is 0 Å². The van der Waals surface area contributed by atoms with Crippen LogP contribution in [0.5, 0.6) is 0 Å². The molecule has 0 bridgehead atoms. The van der Waals surface area contributed by atoms with Crippen LogP contribution >= 0.6 is 0 Å². The van der Waals surface area contributed by atoms with E-state index in [-0.39, 0.29) is 23.4 Å². The zero-order valence-electron chi connectivity index (χ0n) is 15.4. The summed E-state index contributed by atoms with van der Waals surface area (Å²) >= 11 is 0. The average Bonchev–Trinajstić information content (AvgIpc) is 3.14. The maximum Gasteiger partial charge on any atom is 0.241 e. The Morgan fingerprint density at radius 1 is 1.15 bits per heavy atom. The van der Waals surface area contributed by atoms with Gasteiger partial charge in [-0.05, 0) is 49.6 Å². The van der Waals surface area contributed by atoms with Crippen molar-refractivity contribution in [1.29, 1.82) is 0 Å². The number of hydrogen-bond acceptors (Lipinski definition) is 4. The summed E-state index contributed by atoms with van der Waals surface area (Å²) in [5.41, 5.74) is 2.00. The van der Waals surface area contributed by atoms with E-state index < -0.39 is 10.0 Å². The van der Waals surface area contributed by atoms with Crippen molar-refractivity contribution in [3.05, 3.63) is 60.2 Å². The van der Waals surface area contributed by atoms with Gasteiger partial charge in [0.05, 0.1) is 11.4 Å². The third kappa shape index (κ3) is 5.08. The zero-order chi connectivity index (χ0) is 19.3. The SMILES string of the molecule is Cc1cccc(S(=O)(=O)NCC(=O)NCC2CCCN2c2ccccc2)c1. The molecule has 1 saturated heterocycles. The highest BCUT2D eigenvalue weighted by molar-refractivity contribution is 7.89. The summed E-state index contributed by atoms with van der Waals surface area (Å²) in [5, 5.41) is 2.85. The molecular weight excluding hydrogens is 362 g/mol. The number of carbonyl (C=O) groups excluding carboxylic acids is 1. The van der Waals surface area contributed by atoms with Crippen molar-refractivity contribution in [2.45, 2.75) is 30.7 Å². The molecule has 2 aromatic carbocycles. The Balaban J connectivity index is 1.51. The molecule has 7 heteroatoms. The summed E-state index contributed by atoms with van der Waals surface area (Å²) in [6.45, 7) is 3.02. The Morgan fingerprint density at radius 3 is 2.67 bits per heavy atom. The number of carbonyl (C=O) groups is 1. The van der Waals surface area contributed by atoms with Crippen LogP contribution in [0.3, 0.4) is 0 Å².